The number of likely N-dealkylation sites (tertiary alicyclic amines) is 1. The number of hydrogen-bond donors (Lipinski definition) is 0. The number of benzene rings is 1. The van der Waals surface area contributed by atoms with Crippen LogP contribution in [0.4, 0.5) is 0 Å². The fraction of sp³-hybridized carbons (Fsp3) is 0.444. The Balaban J connectivity index is 1.83. The van der Waals surface area contributed by atoms with Crippen LogP contribution in [-0.4, -0.2) is 54.3 Å². The minimum absolute atomic E-state index is 0.0821. The molecule has 0 bridgehead atoms. The van der Waals surface area contributed by atoms with Gasteiger partial charge in [-0.3, -0.25) is 4.79 Å². The molecule has 0 radical (unpaired) electrons. The van der Waals surface area contributed by atoms with Gasteiger partial charge >= 0.3 is 5.97 Å². The highest BCUT2D eigenvalue weighted by Gasteiger charge is 2.40. The number of carbonyl (C=O) groups is 2. The zero-order valence-electron chi connectivity index (χ0n) is 14.2. The number of fused-ring (bicyclic) bond motifs is 1. The van der Waals surface area contributed by atoms with Crippen LogP contribution in [0.2, 0.25) is 0 Å². The Morgan fingerprint density at radius 1 is 1.25 bits per heavy atom. The Bertz CT molecular complexity index is 767. The van der Waals surface area contributed by atoms with Gasteiger partial charge in [0, 0.05) is 44.2 Å². The molecule has 1 aromatic heterocycles. The summed E-state index contributed by atoms with van der Waals surface area (Å²) in [7, 11) is 4.90. The highest BCUT2D eigenvalue weighted by atomic mass is 16.5. The lowest BCUT2D eigenvalue weighted by molar-refractivity contribution is -0.150. The maximum atomic E-state index is 12.8. The second-order valence-corrected chi connectivity index (χ2v) is 6.14. The lowest BCUT2D eigenvalue weighted by Crippen LogP contribution is -2.42. The predicted molar refractivity (Wildman–Crippen MR) is 89.6 cm³/mol. The molecule has 0 N–H and O–H groups in total. The van der Waals surface area contributed by atoms with Crippen molar-refractivity contribution in [3.05, 3.63) is 36.0 Å². The molecule has 2 heterocycles. The van der Waals surface area contributed by atoms with E-state index >= 15 is 0 Å². The van der Waals surface area contributed by atoms with E-state index in [1.165, 1.54) is 7.11 Å². The number of hydrogen-bond acceptors (Lipinski definition) is 4. The molecule has 2 atom stereocenters. The van der Waals surface area contributed by atoms with E-state index in [1.807, 2.05) is 42.1 Å². The fourth-order valence-corrected chi connectivity index (χ4v) is 3.43. The average molecular weight is 330 g/mol. The largest absolute Gasteiger partial charge is 0.467 e. The first-order valence-corrected chi connectivity index (χ1v) is 7.98. The van der Waals surface area contributed by atoms with Crippen LogP contribution >= 0.6 is 0 Å². The van der Waals surface area contributed by atoms with Gasteiger partial charge in [-0.15, -0.1) is 0 Å². The van der Waals surface area contributed by atoms with E-state index in [0.29, 0.717) is 13.0 Å². The van der Waals surface area contributed by atoms with Gasteiger partial charge in [-0.2, -0.15) is 0 Å². The normalized spacial score (nSPS) is 20.5. The number of rotatable bonds is 4. The molecule has 2 unspecified atom stereocenters. The summed E-state index contributed by atoms with van der Waals surface area (Å²) in [6.07, 6.45) is 2.57. The number of para-hydroxylation sites is 1. The quantitative estimate of drug-likeness (QED) is 0.797. The standard InChI is InChI=1S/C18H22N2O4/c1-19-10-12(14-6-4-5-7-15(14)19)8-17(21)20-11-13(23-2)9-16(20)18(22)24-3/h4-7,10,13,16H,8-9,11H2,1-3H3. The highest BCUT2D eigenvalue weighted by molar-refractivity contribution is 5.91. The maximum Gasteiger partial charge on any atom is 0.328 e. The molecule has 6 heteroatoms. The number of aryl methyl sites for hydroxylation is 1. The Kier molecular flexibility index (Phi) is 4.57. The van der Waals surface area contributed by atoms with E-state index in [1.54, 1.807) is 12.0 Å². The molecular weight excluding hydrogens is 308 g/mol. The van der Waals surface area contributed by atoms with E-state index in [-0.39, 0.29) is 24.4 Å². The van der Waals surface area contributed by atoms with Gasteiger partial charge in [0.25, 0.3) is 0 Å². The van der Waals surface area contributed by atoms with Crippen molar-refractivity contribution in [1.82, 2.24) is 9.47 Å². The summed E-state index contributed by atoms with van der Waals surface area (Å²) in [4.78, 5) is 26.4. The summed E-state index contributed by atoms with van der Waals surface area (Å²) in [5.74, 6) is -0.470. The van der Waals surface area contributed by atoms with Gasteiger partial charge in [-0.1, -0.05) is 18.2 Å². The lowest BCUT2D eigenvalue weighted by atomic mass is 10.1. The third-order valence-corrected chi connectivity index (χ3v) is 4.71. The van der Waals surface area contributed by atoms with Crippen molar-refractivity contribution in [2.24, 2.45) is 7.05 Å². The van der Waals surface area contributed by atoms with E-state index in [9.17, 15) is 9.59 Å². The number of nitrogens with zero attached hydrogens (tertiary/aromatic N) is 2. The molecule has 0 spiro atoms. The summed E-state index contributed by atoms with van der Waals surface area (Å²) in [6, 6.07) is 7.41. The van der Waals surface area contributed by atoms with Gasteiger partial charge in [-0.05, 0) is 11.6 Å². The van der Waals surface area contributed by atoms with Crippen LogP contribution in [0, 0.1) is 0 Å². The fourth-order valence-electron chi connectivity index (χ4n) is 3.43. The highest BCUT2D eigenvalue weighted by Crippen LogP contribution is 2.25. The molecule has 2 aromatic rings. The summed E-state index contributed by atoms with van der Waals surface area (Å²) < 4.78 is 12.2. The van der Waals surface area contributed by atoms with Crippen LogP contribution < -0.4 is 0 Å². The first-order valence-electron chi connectivity index (χ1n) is 7.98. The summed E-state index contributed by atoms with van der Waals surface area (Å²) in [5, 5.41) is 1.06. The van der Waals surface area contributed by atoms with Crippen LogP contribution in [0.25, 0.3) is 10.9 Å². The Labute approximate surface area is 140 Å². The third-order valence-electron chi connectivity index (χ3n) is 4.71. The molecule has 1 aliphatic rings. The molecule has 1 amide bonds. The third kappa shape index (κ3) is 2.89. The van der Waals surface area contributed by atoms with Crippen molar-refractivity contribution >= 4 is 22.8 Å². The Morgan fingerprint density at radius 2 is 2.00 bits per heavy atom. The molecule has 6 nitrogen and oxygen atoms in total. The number of esters is 1. The summed E-state index contributed by atoms with van der Waals surface area (Å²) in [5.41, 5.74) is 2.04. The van der Waals surface area contributed by atoms with Gasteiger partial charge in [-0.25, -0.2) is 4.79 Å². The molecule has 24 heavy (non-hydrogen) atoms. The second kappa shape index (κ2) is 6.65. The number of methoxy groups -OCH3 is 2. The average Bonchev–Trinajstić information content (AvgIpc) is 3.17. The topological polar surface area (TPSA) is 60.8 Å². The van der Waals surface area contributed by atoms with Gasteiger partial charge < -0.3 is 18.9 Å². The molecule has 1 aliphatic heterocycles. The Hall–Kier alpha value is -2.34. The van der Waals surface area contributed by atoms with Crippen molar-refractivity contribution in [2.75, 3.05) is 20.8 Å². The van der Waals surface area contributed by atoms with Crippen LogP contribution in [0.1, 0.15) is 12.0 Å². The van der Waals surface area contributed by atoms with E-state index in [4.69, 9.17) is 9.47 Å². The summed E-state index contributed by atoms with van der Waals surface area (Å²) in [6.45, 7) is 0.417. The molecular formula is C18H22N2O4. The maximum absolute atomic E-state index is 12.8. The minimum atomic E-state index is -0.567. The van der Waals surface area contributed by atoms with Crippen molar-refractivity contribution in [3.8, 4) is 0 Å². The van der Waals surface area contributed by atoms with Crippen LogP contribution in [0.5, 0.6) is 0 Å². The zero-order valence-corrected chi connectivity index (χ0v) is 14.2. The number of amides is 1. The smallest absolute Gasteiger partial charge is 0.328 e. The second-order valence-electron chi connectivity index (χ2n) is 6.14. The first-order chi connectivity index (χ1) is 11.5. The van der Waals surface area contributed by atoms with Crippen molar-refractivity contribution in [3.63, 3.8) is 0 Å². The lowest BCUT2D eigenvalue weighted by Gasteiger charge is -2.22. The zero-order chi connectivity index (χ0) is 17.3. The minimum Gasteiger partial charge on any atom is -0.467 e. The van der Waals surface area contributed by atoms with Crippen LogP contribution in [-0.2, 0) is 32.5 Å². The van der Waals surface area contributed by atoms with Crippen molar-refractivity contribution in [1.29, 1.82) is 0 Å². The molecule has 1 fully saturated rings. The van der Waals surface area contributed by atoms with Crippen molar-refractivity contribution < 1.29 is 19.1 Å². The van der Waals surface area contributed by atoms with E-state index in [0.717, 1.165) is 16.5 Å². The van der Waals surface area contributed by atoms with E-state index in [2.05, 4.69) is 0 Å². The molecule has 0 aliphatic carbocycles. The number of carbonyl (C=O) groups excluding carboxylic acids is 2. The first kappa shape index (κ1) is 16.5. The Morgan fingerprint density at radius 3 is 2.71 bits per heavy atom. The molecule has 1 saturated heterocycles. The van der Waals surface area contributed by atoms with Gasteiger partial charge in [0.2, 0.25) is 5.91 Å². The SMILES string of the molecule is COC(=O)C1CC(OC)CN1C(=O)Cc1cn(C)c2ccccc12. The predicted octanol–water partition coefficient (Wildman–Crippen LogP) is 1.51. The van der Waals surface area contributed by atoms with Gasteiger partial charge in [0.1, 0.15) is 6.04 Å². The summed E-state index contributed by atoms with van der Waals surface area (Å²) >= 11 is 0. The van der Waals surface area contributed by atoms with Crippen molar-refractivity contribution in [2.45, 2.75) is 25.0 Å². The molecule has 128 valence electrons. The van der Waals surface area contributed by atoms with Crippen LogP contribution in [0.15, 0.2) is 30.5 Å². The van der Waals surface area contributed by atoms with Crippen LogP contribution in [0.3, 0.4) is 0 Å². The van der Waals surface area contributed by atoms with E-state index < -0.39 is 6.04 Å². The monoisotopic (exact) mass is 330 g/mol. The van der Waals surface area contributed by atoms with Gasteiger partial charge in [0.05, 0.1) is 19.6 Å². The molecule has 1 aromatic carbocycles. The number of aromatic nitrogens is 1. The van der Waals surface area contributed by atoms with Gasteiger partial charge in [0.15, 0.2) is 0 Å². The molecule has 0 saturated carbocycles. The number of ether oxygens (including phenoxy) is 2. The molecule has 3 rings (SSSR count).